The third-order valence-electron chi connectivity index (χ3n) is 1.54. The molecule has 0 unspecified atom stereocenters. The van der Waals surface area contributed by atoms with Crippen LogP contribution < -0.4 is 29.6 Å². The third kappa shape index (κ3) is 10.6. The second-order valence-corrected chi connectivity index (χ2v) is 4.11. The van der Waals surface area contributed by atoms with Gasteiger partial charge in [-0.05, 0) is 12.8 Å². The Hall–Kier alpha value is 0.650. The first-order chi connectivity index (χ1) is 5.49. The number of rotatable bonds is 5. The molecule has 0 amide bonds. The first kappa shape index (κ1) is 16.1. The predicted octanol–water partition coefficient (Wildman–Crippen LogP) is -1.33. The maximum Gasteiger partial charge on any atom is 1.00 e. The molecule has 0 heterocycles. The molecule has 0 aliphatic rings. The smallest absolute Gasteiger partial charge is 0.748 e. The maximum atomic E-state index is 10.4. The molecule has 0 radical (unpaired) electrons. The molecular formula is C8H15NaO3S. The molecule has 0 aliphatic carbocycles. The van der Waals surface area contributed by atoms with Crippen molar-refractivity contribution in [3.05, 3.63) is 11.6 Å². The Morgan fingerprint density at radius 3 is 2.23 bits per heavy atom. The maximum absolute atomic E-state index is 10.4. The van der Waals surface area contributed by atoms with E-state index in [1.54, 1.807) is 0 Å². The van der Waals surface area contributed by atoms with Crippen LogP contribution in [-0.4, -0.2) is 18.7 Å². The summed E-state index contributed by atoms with van der Waals surface area (Å²) in [6.07, 6.45) is 4.30. The molecule has 0 atom stereocenters. The molecule has 0 saturated carbocycles. The molecule has 0 bridgehead atoms. The van der Waals surface area contributed by atoms with Crippen molar-refractivity contribution in [3.63, 3.8) is 0 Å². The second-order valence-electron chi connectivity index (χ2n) is 2.71. The van der Waals surface area contributed by atoms with Gasteiger partial charge in [-0.3, -0.25) is 0 Å². The molecule has 0 saturated heterocycles. The van der Waals surface area contributed by atoms with E-state index in [-0.39, 0.29) is 35.3 Å². The van der Waals surface area contributed by atoms with Gasteiger partial charge in [0.2, 0.25) is 0 Å². The van der Waals surface area contributed by atoms with Crippen LogP contribution in [0.5, 0.6) is 0 Å². The summed E-state index contributed by atoms with van der Waals surface area (Å²) in [5.41, 5.74) is 0.729. The Morgan fingerprint density at radius 1 is 1.38 bits per heavy atom. The molecule has 72 valence electrons. The van der Waals surface area contributed by atoms with Gasteiger partial charge in [0.15, 0.2) is 0 Å². The molecular weight excluding hydrogens is 199 g/mol. The standard InChI is InChI=1S/C8H16O3S.Na/c1-3-5-6-8(4-2)7-12(9,10)11;/h6H,3-5,7H2,1-2H3,(H,9,10,11);/q;+1/p-1. The summed E-state index contributed by atoms with van der Waals surface area (Å²) in [6, 6.07) is 0. The minimum Gasteiger partial charge on any atom is -0.748 e. The Bertz CT molecular complexity index is 244. The fraction of sp³-hybridized carbons (Fsp3) is 0.750. The number of unbranched alkanes of at least 4 members (excludes halogenated alkanes) is 1. The summed E-state index contributed by atoms with van der Waals surface area (Å²) in [4.78, 5) is 0. The normalized spacial score (nSPS) is 12.4. The molecule has 5 heteroatoms. The van der Waals surface area contributed by atoms with Gasteiger partial charge < -0.3 is 4.55 Å². The van der Waals surface area contributed by atoms with Crippen molar-refractivity contribution >= 4 is 10.1 Å². The molecule has 0 rings (SSSR count). The van der Waals surface area contributed by atoms with E-state index in [1.165, 1.54) is 0 Å². The van der Waals surface area contributed by atoms with E-state index in [9.17, 15) is 13.0 Å². The fourth-order valence-corrected chi connectivity index (χ4v) is 1.66. The summed E-state index contributed by atoms with van der Waals surface area (Å²) in [5, 5.41) is 0. The molecule has 3 nitrogen and oxygen atoms in total. The van der Waals surface area contributed by atoms with E-state index in [4.69, 9.17) is 0 Å². The van der Waals surface area contributed by atoms with Crippen molar-refractivity contribution < 1.29 is 42.5 Å². The largest absolute Gasteiger partial charge is 1.00 e. The van der Waals surface area contributed by atoms with E-state index < -0.39 is 10.1 Å². The topological polar surface area (TPSA) is 57.2 Å². The van der Waals surface area contributed by atoms with Gasteiger partial charge in [-0.15, -0.1) is 0 Å². The van der Waals surface area contributed by atoms with Gasteiger partial charge in [0.25, 0.3) is 0 Å². The van der Waals surface area contributed by atoms with Crippen LogP contribution in [-0.2, 0) is 10.1 Å². The van der Waals surface area contributed by atoms with Gasteiger partial charge >= 0.3 is 29.6 Å². The monoisotopic (exact) mass is 214 g/mol. The zero-order valence-electron chi connectivity index (χ0n) is 8.54. The van der Waals surface area contributed by atoms with Crippen molar-refractivity contribution in [1.29, 1.82) is 0 Å². The van der Waals surface area contributed by atoms with Gasteiger partial charge in [-0.1, -0.05) is 31.9 Å². The molecule has 0 aromatic heterocycles. The molecule has 0 aromatic carbocycles. The van der Waals surface area contributed by atoms with Crippen molar-refractivity contribution in [2.45, 2.75) is 33.1 Å². The Balaban J connectivity index is 0. The molecule has 0 aliphatic heterocycles. The summed E-state index contributed by atoms with van der Waals surface area (Å²) in [6.45, 7) is 3.86. The van der Waals surface area contributed by atoms with Gasteiger partial charge in [0.1, 0.15) is 0 Å². The van der Waals surface area contributed by atoms with Gasteiger partial charge in [0, 0.05) is 0 Å². The van der Waals surface area contributed by atoms with Crippen LogP contribution in [0.2, 0.25) is 0 Å². The van der Waals surface area contributed by atoms with Crippen LogP contribution in [0.4, 0.5) is 0 Å². The number of hydrogen-bond acceptors (Lipinski definition) is 3. The molecule has 0 N–H and O–H groups in total. The third-order valence-corrected chi connectivity index (χ3v) is 2.26. The van der Waals surface area contributed by atoms with Crippen LogP contribution in [0.25, 0.3) is 0 Å². The first-order valence-corrected chi connectivity index (χ1v) is 5.68. The van der Waals surface area contributed by atoms with Gasteiger partial charge in [-0.25, -0.2) is 8.42 Å². The van der Waals surface area contributed by atoms with Crippen LogP contribution in [0, 0.1) is 0 Å². The quantitative estimate of drug-likeness (QED) is 0.324. The van der Waals surface area contributed by atoms with Crippen molar-refractivity contribution in [2.75, 3.05) is 5.75 Å². The van der Waals surface area contributed by atoms with E-state index in [0.29, 0.717) is 6.42 Å². The average Bonchev–Trinajstić information content (AvgIpc) is 1.95. The van der Waals surface area contributed by atoms with E-state index in [1.807, 2.05) is 19.9 Å². The minimum absolute atomic E-state index is 0. The van der Waals surface area contributed by atoms with E-state index in [0.717, 1.165) is 18.4 Å². The molecule has 13 heavy (non-hydrogen) atoms. The Kier molecular flexibility index (Phi) is 9.90. The minimum atomic E-state index is -4.08. The summed E-state index contributed by atoms with van der Waals surface area (Å²) >= 11 is 0. The van der Waals surface area contributed by atoms with Gasteiger partial charge in [-0.2, -0.15) is 0 Å². The van der Waals surface area contributed by atoms with E-state index in [2.05, 4.69) is 0 Å². The summed E-state index contributed by atoms with van der Waals surface area (Å²) in [7, 11) is -4.08. The van der Waals surface area contributed by atoms with Crippen molar-refractivity contribution in [2.24, 2.45) is 0 Å². The SMILES string of the molecule is CCCC=C(CC)CS(=O)(=O)[O-].[Na+]. The number of allylic oxidation sites excluding steroid dienone is 1. The molecule has 0 aromatic rings. The predicted molar refractivity (Wildman–Crippen MR) is 47.8 cm³/mol. The van der Waals surface area contributed by atoms with Gasteiger partial charge in [0.05, 0.1) is 15.9 Å². The zero-order valence-corrected chi connectivity index (χ0v) is 11.4. The molecule has 0 fully saturated rings. The molecule has 0 spiro atoms. The van der Waals surface area contributed by atoms with Crippen LogP contribution in [0.3, 0.4) is 0 Å². The summed E-state index contributed by atoms with van der Waals surface area (Å²) in [5.74, 6) is -0.330. The second kappa shape index (κ2) is 8.00. The van der Waals surface area contributed by atoms with Crippen molar-refractivity contribution in [3.8, 4) is 0 Å². The van der Waals surface area contributed by atoms with Crippen LogP contribution in [0.15, 0.2) is 11.6 Å². The van der Waals surface area contributed by atoms with Crippen LogP contribution >= 0.6 is 0 Å². The number of hydrogen-bond donors (Lipinski definition) is 0. The zero-order chi connectivity index (χ0) is 9.61. The van der Waals surface area contributed by atoms with Crippen molar-refractivity contribution in [1.82, 2.24) is 0 Å². The fourth-order valence-electron chi connectivity index (χ4n) is 0.881. The first-order valence-electron chi connectivity index (χ1n) is 4.11. The average molecular weight is 214 g/mol. The van der Waals surface area contributed by atoms with Crippen LogP contribution in [0.1, 0.15) is 33.1 Å². The Morgan fingerprint density at radius 2 is 1.92 bits per heavy atom. The van der Waals surface area contributed by atoms with E-state index >= 15 is 0 Å². The Labute approximate surface area is 103 Å². The summed E-state index contributed by atoms with van der Waals surface area (Å²) < 4.78 is 31.1.